The summed E-state index contributed by atoms with van der Waals surface area (Å²) in [5.41, 5.74) is -0.136. The van der Waals surface area contributed by atoms with Crippen molar-refractivity contribution in [3.8, 4) is 17.2 Å². The average molecular weight is 466 g/mol. The van der Waals surface area contributed by atoms with Gasteiger partial charge in [0.15, 0.2) is 0 Å². The Kier molecular flexibility index (Phi) is 5.58. The van der Waals surface area contributed by atoms with E-state index in [4.69, 9.17) is 0 Å². The average Bonchev–Trinajstić information content (AvgIpc) is 3.10. The zero-order valence-electron chi connectivity index (χ0n) is 15.5. The van der Waals surface area contributed by atoms with E-state index in [1.165, 1.54) is 31.4 Å². The van der Waals surface area contributed by atoms with E-state index in [2.05, 4.69) is 36.2 Å². The molecule has 0 unspecified atom stereocenters. The maximum absolute atomic E-state index is 12.9. The molecule has 2 aromatic heterocycles. The van der Waals surface area contributed by atoms with Gasteiger partial charge in [0, 0.05) is 24.0 Å². The molecule has 3 aromatic rings. The second-order valence-electron chi connectivity index (χ2n) is 7.05. The summed E-state index contributed by atoms with van der Waals surface area (Å²) in [4.78, 5) is 13.3. The Morgan fingerprint density at radius 3 is 2.41 bits per heavy atom. The minimum Gasteiger partial charge on any atom is -0.351 e. The molecule has 1 fully saturated rings. The van der Waals surface area contributed by atoms with Crippen LogP contribution >= 0.6 is 15.9 Å². The van der Waals surface area contributed by atoms with Gasteiger partial charge in [0.1, 0.15) is 16.2 Å². The highest BCUT2D eigenvalue weighted by molar-refractivity contribution is 9.10. The molecule has 0 saturated heterocycles. The molecule has 152 valence electrons. The van der Waals surface area contributed by atoms with Gasteiger partial charge in [0.25, 0.3) is 0 Å². The number of halogens is 4. The molecule has 0 atom stereocenters. The van der Waals surface area contributed by atoms with Crippen molar-refractivity contribution in [2.45, 2.75) is 44.3 Å². The van der Waals surface area contributed by atoms with Gasteiger partial charge < -0.3 is 5.32 Å². The molecule has 0 spiro atoms. The van der Waals surface area contributed by atoms with Gasteiger partial charge in [-0.2, -0.15) is 18.2 Å². The molecule has 5 nitrogen and oxygen atoms in total. The maximum atomic E-state index is 12.9. The van der Waals surface area contributed by atoms with Crippen LogP contribution in [-0.4, -0.2) is 25.6 Å². The highest BCUT2D eigenvalue weighted by Crippen LogP contribution is 2.32. The molecule has 1 aliphatic rings. The fourth-order valence-electron chi connectivity index (χ4n) is 3.52. The van der Waals surface area contributed by atoms with Gasteiger partial charge in [-0.25, -0.2) is 9.97 Å². The summed E-state index contributed by atoms with van der Waals surface area (Å²) in [6.07, 6.45) is 4.88. The molecule has 1 aromatic carbocycles. The van der Waals surface area contributed by atoms with Crippen LogP contribution in [-0.2, 0) is 6.18 Å². The quantitative estimate of drug-likeness (QED) is 0.524. The standard InChI is InChI=1S/C20H19BrF3N5/c21-16-12-29(18(27-16)13-6-8-14(9-7-13)20(22,23)24)17-10-11-25-19(28-17)26-15-4-2-1-3-5-15/h6-12,15H,1-5H2,(H,25,26,28). The molecule has 1 saturated carbocycles. The molecule has 1 N–H and O–H groups in total. The van der Waals surface area contributed by atoms with Crippen molar-refractivity contribution in [1.29, 1.82) is 0 Å². The first kappa shape index (κ1) is 19.9. The Morgan fingerprint density at radius 2 is 1.72 bits per heavy atom. The van der Waals surface area contributed by atoms with E-state index < -0.39 is 11.7 Å². The summed E-state index contributed by atoms with van der Waals surface area (Å²) >= 11 is 3.35. The Balaban J connectivity index is 1.64. The van der Waals surface area contributed by atoms with Crippen molar-refractivity contribution < 1.29 is 13.2 Å². The van der Waals surface area contributed by atoms with E-state index in [1.807, 2.05) is 0 Å². The molecular weight excluding hydrogens is 447 g/mol. The lowest BCUT2D eigenvalue weighted by atomic mass is 9.96. The molecule has 0 bridgehead atoms. The second-order valence-corrected chi connectivity index (χ2v) is 7.86. The number of anilines is 1. The number of alkyl halides is 3. The van der Waals surface area contributed by atoms with Crippen molar-refractivity contribution in [2.75, 3.05) is 5.32 Å². The highest BCUT2D eigenvalue weighted by atomic mass is 79.9. The van der Waals surface area contributed by atoms with Crippen LogP contribution in [0.15, 0.2) is 47.3 Å². The third-order valence-electron chi connectivity index (χ3n) is 4.97. The van der Waals surface area contributed by atoms with Gasteiger partial charge in [-0.05, 0) is 47.0 Å². The lowest BCUT2D eigenvalue weighted by Gasteiger charge is -2.22. The van der Waals surface area contributed by atoms with Crippen molar-refractivity contribution in [1.82, 2.24) is 19.5 Å². The van der Waals surface area contributed by atoms with Crippen molar-refractivity contribution in [3.63, 3.8) is 0 Å². The number of rotatable bonds is 4. The monoisotopic (exact) mass is 465 g/mol. The van der Waals surface area contributed by atoms with E-state index in [-0.39, 0.29) is 0 Å². The van der Waals surface area contributed by atoms with Gasteiger partial charge in [-0.1, -0.05) is 31.4 Å². The molecular formula is C20H19BrF3N5. The van der Waals surface area contributed by atoms with E-state index in [0.717, 1.165) is 25.0 Å². The number of imidazole rings is 1. The Hall–Kier alpha value is -2.42. The normalized spacial score (nSPS) is 15.4. The fraction of sp³-hybridized carbons (Fsp3) is 0.350. The molecule has 9 heteroatoms. The number of aromatic nitrogens is 4. The minimum atomic E-state index is -4.37. The van der Waals surface area contributed by atoms with Crippen LogP contribution in [0.4, 0.5) is 19.1 Å². The van der Waals surface area contributed by atoms with Crippen LogP contribution in [0.1, 0.15) is 37.7 Å². The molecule has 0 radical (unpaired) electrons. The van der Waals surface area contributed by atoms with Crippen LogP contribution in [0.5, 0.6) is 0 Å². The van der Waals surface area contributed by atoms with Crippen LogP contribution in [0.2, 0.25) is 0 Å². The number of benzene rings is 1. The van der Waals surface area contributed by atoms with Crippen LogP contribution in [0.3, 0.4) is 0 Å². The molecule has 1 aliphatic carbocycles. The van der Waals surface area contributed by atoms with Gasteiger partial charge >= 0.3 is 6.18 Å². The lowest BCUT2D eigenvalue weighted by molar-refractivity contribution is -0.137. The van der Waals surface area contributed by atoms with Gasteiger partial charge in [0.05, 0.1) is 5.56 Å². The van der Waals surface area contributed by atoms with E-state index >= 15 is 0 Å². The third kappa shape index (κ3) is 4.60. The van der Waals surface area contributed by atoms with Crippen LogP contribution in [0.25, 0.3) is 17.2 Å². The topological polar surface area (TPSA) is 55.6 Å². The third-order valence-corrected chi connectivity index (χ3v) is 5.36. The van der Waals surface area contributed by atoms with E-state index in [9.17, 15) is 13.2 Å². The molecule has 0 amide bonds. The smallest absolute Gasteiger partial charge is 0.351 e. The van der Waals surface area contributed by atoms with Gasteiger partial charge in [0.2, 0.25) is 5.95 Å². The minimum absolute atomic E-state index is 0.364. The fourth-order valence-corrected chi connectivity index (χ4v) is 3.89. The second kappa shape index (κ2) is 8.14. The number of hydrogen-bond donors (Lipinski definition) is 1. The summed E-state index contributed by atoms with van der Waals surface area (Å²) in [5.74, 6) is 1.62. The SMILES string of the molecule is FC(F)(F)c1ccc(-c2nc(Br)cn2-c2ccnc(NC3CCCCC3)n2)cc1. The zero-order chi connectivity index (χ0) is 20.4. The molecule has 0 aliphatic heterocycles. The zero-order valence-corrected chi connectivity index (χ0v) is 17.0. The first-order chi connectivity index (χ1) is 13.9. The highest BCUT2D eigenvalue weighted by Gasteiger charge is 2.30. The summed E-state index contributed by atoms with van der Waals surface area (Å²) in [7, 11) is 0. The summed E-state index contributed by atoms with van der Waals surface area (Å²) in [6.45, 7) is 0. The molecule has 29 heavy (non-hydrogen) atoms. The summed E-state index contributed by atoms with van der Waals surface area (Å²) in [6, 6.07) is 7.04. The Morgan fingerprint density at radius 1 is 1.00 bits per heavy atom. The number of nitrogens with one attached hydrogen (secondary N) is 1. The summed E-state index contributed by atoms with van der Waals surface area (Å²) in [5, 5.41) is 3.39. The maximum Gasteiger partial charge on any atom is 0.416 e. The number of hydrogen-bond acceptors (Lipinski definition) is 4. The number of nitrogens with zero attached hydrogens (tertiary/aromatic N) is 4. The van der Waals surface area contributed by atoms with E-state index in [0.29, 0.717) is 33.8 Å². The van der Waals surface area contributed by atoms with Crippen molar-refractivity contribution >= 4 is 21.9 Å². The predicted octanol–water partition coefficient (Wildman–Crippen LogP) is 5.86. The predicted molar refractivity (Wildman–Crippen MR) is 108 cm³/mol. The first-order valence-corrected chi connectivity index (χ1v) is 10.2. The first-order valence-electron chi connectivity index (χ1n) is 9.42. The molecule has 4 rings (SSSR count). The Bertz CT molecular complexity index is 979. The van der Waals surface area contributed by atoms with Crippen LogP contribution in [0, 0.1) is 0 Å². The van der Waals surface area contributed by atoms with Gasteiger partial charge in [-0.15, -0.1) is 0 Å². The van der Waals surface area contributed by atoms with Gasteiger partial charge in [-0.3, -0.25) is 4.57 Å². The largest absolute Gasteiger partial charge is 0.416 e. The molecule has 2 heterocycles. The van der Waals surface area contributed by atoms with Crippen LogP contribution < -0.4 is 5.32 Å². The summed E-state index contributed by atoms with van der Waals surface area (Å²) < 4.78 is 40.9. The van der Waals surface area contributed by atoms with Crippen molar-refractivity contribution in [2.24, 2.45) is 0 Å². The lowest BCUT2D eigenvalue weighted by Crippen LogP contribution is -2.23. The van der Waals surface area contributed by atoms with E-state index in [1.54, 1.807) is 23.0 Å². The Labute approximate surface area is 174 Å². The van der Waals surface area contributed by atoms with Crippen molar-refractivity contribution in [3.05, 3.63) is 52.9 Å².